The highest BCUT2D eigenvalue weighted by molar-refractivity contribution is 5.51. The topological polar surface area (TPSA) is 21.3 Å². The van der Waals surface area contributed by atoms with Crippen molar-refractivity contribution in [1.82, 2.24) is 0 Å². The zero-order valence-corrected chi connectivity index (χ0v) is 10.9. The third-order valence-electron chi connectivity index (χ3n) is 3.84. The van der Waals surface area contributed by atoms with Gasteiger partial charge in [-0.1, -0.05) is 38.0 Å². The molecule has 1 N–H and O–H groups in total. The Morgan fingerprint density at radius 1 is 1.29 bits per heavy atom. The second-order valence-electron chi connectivity index (χ2n) is 4.94. The summed E-state index contributed by atoms with van der Waals surface area (Å²) in [5.41, 5.74) is 2.51. The second-order valence-corrected chi connectivity index (χ2v) is 4.94. The van der Waals surface area contributed by atoms with E-state index >= 15 is 0 Å². The van der Waals surface area contributed by atoms with Crippen molar-refractivity contribution in [3.05, 3.63) is 29.8 Å². The Balaban J connectivity index is 2.07. The molecule has 0 bridgehead atoms. The average molecular weight is 233 g/mol. The van der Waals surface area contributed by atoms with Crippen LogP contribution in [0.3, 0.4) is 0 Å². The van der Waals surface area contributed by atoms with E-state index in [0.717, 1.165) is 5.92 Å². The van der Waals surface area contributed by atoms with E-state index in [1.54, 1.807) is 7.11 Å². The molecule has 0 radical (unpaired) electrons. The predicted molar refractivity (Wildman–Crippen MR) is 72.2 cm³/mol. The Kier molecular flexibility index (Phi) is 4.43. The van der Waals surface area contributed by atoms with Gasteiger partial charge in [-0.05, 0) is 24.8 Å². The van der Waals surface area contributed by atoms with Crippen LogP contribution in [-0.2, 0) is 11.3 Å². The largest absolute Gasteiger partial charge is 0.382 e. The van der Waals surface area contributed by atoms with Gasteiger partial charge >= 0.3 is 0 Å². The van der Waals surface area contributed by atoms with Gasteiger partial charge in [-0.2, -0.15) is 0 Å². The number of methoxy groups -OCH3 is 1. The van der Waals surface area contributed by atoms with Gasteiger partial charge in [0.1, 0.15) is 0 Å². The molecule has 2 rings (SSSR count). The van der Waals surface area contributed by atoms with Crippen molar-refractivity contribution in [2.24, 2.45) is 5.92 Å². The Morgan fingerprint density at radius 3 is 2.88 bits per heavy atom. The third kappa shape index (κ3) is 3.01. The Labute approximate surface area is 104 Å². The average Bonchev–Trinajstić information content (AvgIpc) is 2.79. The van der Waals surface area contributed by atoms with Gasteiger partial charge in [0.2, 0.25) is 0 Å². The van der Waals surface area contributed by atoms with Crippen LogP contribution in [0, 0.1) is 5.92 Å². The van der Waals surface area contributed by atoms with Crippen LogP contribution in [0.5, 0.6) is 0 Å². The van der Waals surface area contributed by atoms with Crippen molar-refractivity contribution in [3.63, 3.8) is 0 Å². The standard InChI is InChI=1S/C15H23NO/c1-3-12-8-6-10-14(12)16-15-9-5-4-7-13(15)11-17-2/h4-5,7,9,12,14,16H,3,6,8,10-11H2,1-2H3. The summed E-state index contributed by atoms with van der Waals surface area (Å²) >= 11 is 0. The fourth-order valence-corrected chi connectivity index (χ4v) is 2.86. The van der Waals surface area contributed by atoms with Crippen LogP contribution in [0.1, 0.15) is 38.2 Å². The van der Waals surface area contributed by atoms with Crippen molar-refractivity contribution in [1.29, 1.82) is 0 Å². The Morgan fingerprint density at radius 2 is 2.12 bits per heavy atom. The molecule has 0 heterocycles. The zero-order chi connectivity index (χ0) is 12.1. The van der Waals surface area contributed by atoms with Crippen LogP contribution < -0.4 is 5.32 Å². The number of rotatable bonds is 5. The summed E-state index contributed by atoms with van der Waals surface area (Å²) in [5, 5.41) is 3.72. The summed E-state index contributed by atoms with van der Waals surface area (Å²) in [5.74, 6) is 0.839. The van der Waals surface area contributed by atoms with Crippen molar-refractivity contribution in [2.45, 2.75) is 45.3 Å². The highest BCUT2D eigenvalue weighted by Crippen LogP contribution is 2.31. The Hall–Kier alpha value is -1.02. The summed E-state index contributed by atoms with van der Waals surface area (Å²) in [6.45, 7) is 2.98. The number of para-hydroxylation sites is 1. The molecule has 1 aromatic rings. The van der Waals surface area contributed by atoms with Gasteiger partial charge in [0, 0.05) is 24.4 Å². The summed E-state index contributed by atoms with van der Waals surface area (Å²) in [7, 11) is 1.75. The lowest BCUT2D eigenvalue weighted by Gasteiger charge is -2.22. The van der Waals surface area contributed by atoms with E-state index in [0.29, 0.717) is 12.6 Å². The van der Waals surface area contributed by atoms with Gasteiger partial charge in [-0.15, -0.1) is 0 Å². The molecule has 2 heteroatoms. The van der Waals surface area contributed by atoms with Gasteiger partial charge in [0.15, 0.2) is 0 Å². The maximum Gasteiger partial charge on any atom is 0.0733 e. The number of anilines is 1. The van der Waals surface area contributed by atoms with Crippen LogP contribution in [0.15, 0.2) is 24.3 Å². The maximum absolute atomic E-state index is 5.25. The van der Waals surface area contributed by atoms with Crippen molar-refractivity contribution in [2.75, 3.05) is 12.4 Å². The van der Waals surface area contributed by atoms with E-state index in [9.17, 15) is 0 Å². The highest BCUT2D eigenvalue weighted by Gasteiger charge is 2.25. The molecular formula is C15H23NO. The van der Waals surface area contributed by atoms with Gasteiger partial charge in [-0.25, -0.2) is 0 Å². The van der Waals surface area contributed by atoms with E-state index in [2.05, 4.69) is 36.5 Å². The number of ether oxygens (including phenoxy) is 1. The van der Waals surface area contributed by atoms with E-state index in [-0.39, 0.29) is 0 Å². The van der Waals surface area contributed by atoms with E-state index in [1.807, 2.05) is 0 Å². The SMILES string of the molecule is CCC1CCCC1Nc1ccccc1COC. The zero-order valence-electron chi connectivity index (χ0n) is 10.9. The molecule has 2 atom stereocenters. The molecule has 0 amide bonds. The van der Waals surface area contributed by atoms with Crippen molar-refractivity contribution >= 4 is 5.69 Å². The number of hydrogen-bond acceptors (Lipinski definition) is 2. The molecule has 0 aliphatic heterocycles. The summed E-state index contributed by atoms with van der Waals surface area (Å²) < 4.78 is 5.25. The molecule has 17 heavy (non-hydrogen) atoms. The van der Waals surface area contributed by atoms with E-state index in [1.165, 1.54) is 36.9 Å². The minimum Gasteiger partial charge on any atom is -0.382 e. The lowest BCUT2D eigenvalue weighted by atomic mass is 10.00. The normalized spacial score (nSPS) is 23.9. The minimum atomic E-state index is 0.651. The summed E-state index contributed by atoms with van der Waals surface area (Å²) in [6.07, 6.45) is 5.33. The van der Waals surface area contributed by atoms with E-state index in [4.69, 9.17) is 4.74 Å². The molecule has 2 nitrogen and oxygen atoms in total. The fraction of sp³-hybridized carbons (Fsp3) is 0.600. The smallest absolute Gasteiger partial charge is 0.0733 e. The van der Waals surface area contributed by atoms with Gasteiger partial charge < -0.3 is 10.1 Å². The molecule has 2 unspecified atom stereocenters. The molecule has 0 aromatic heterocycles. The fourth-order valence-electron chi connectivity index (χ4n) is 2.86. The van der Waals surface area contributed by atoms with Gasteiger partial charge in [-0.3, -0.25) is 0 Å². The predicted octanol–water partition coefficient (Wildman–Crippen LogP) is 3.82. The molecule has 1 saturated carbocycles. The lowest BCUT2D eigenvalue weighted by Crippen LogP contribution is -2.24. The molecule has 1 fully saturated rings. The van der Waals surface area contributed by atoms with Crippen molar-refractivity contribution in [3.8, 4) is 0 Å². The lowest BCUT2D eigenvalue weighted by molar-refractivity contribution is 0.185. The number of nitrogens with one attached hydrogen (secondary N) is 1. The minimum absolute atomic E-state index is 0.651. The van der Waals surface area contributed by atoms with Crippen LogP contribution in [0.4, 0.5) is 5.69 Å². The van der Waals surface area contributed by atoms with Crippen LogP contribution in [-0.4, -0.2) is 13.2 Å². The highest BCUT2D eigenvalue weighted by atomic mass is 16.5. The second kappa shape index (κ2) is 6.06. The first-order chi connectivity index (χ1) is 8.35. The van der Waals surface area contributed by atoms with Gasteiger partial charge in [0.25, 0.3) is 0 Å². The van der Waals surface area contributed by atoms with Crippen molar-refractivity contribution < 1.29 is 4.74 Å². The Bertz CT molecular complexity index is 351. The molecule has 0 spiro atoms. The third-order valence-corrected chi connectivity index (χ3v) is 3.84. The first kappa shape index (κ1) is 12.4. The van der Waals surface area contributed by atoms with Crippen LogP contribution >= 0.6 is 0 Å². The quantitative estimate of drug-likeness (QED) is 0.834. The molecule has 1 aliphatic carbocycles. The van der Waals surface area contributed by atoms with E-state index < -0.39 is 0 Å². The maximum atomic E-state index is 5.25. The molecule has 0 saturated heterocycles. The monoisotopic (exact) mass is 233 g/mol. The summed E-state index contributed by atoms with van der Waals surface area (Å²) in [6, 6.07) is 9.13. The molecular weight excluding hydrogens is 210 g/mol. The van der Waals surface area contributed by atoms with Crippen LogP contribution in [0.25, 0.3) is 0 Å². The number of benzene rings is 1. The molecule has 1 aliphatic rings. The first-order valence-corrected chi connectivity index (χ1v) is 6.68. The first-order valence-electron chi connectivity index (χ1n) is 6.68. The van der Waals surface area contributed by atoms with Gasteiger partial charge in [0.05, 0.1) is 6.61 Å². The number of hydrogen-bond donors (Lipinski definition) is 1. The summed E-state index contributed by atoms with van der Waals surface area (Å²) in [4.78, 5) is 0. The molecule has 1 aromatic carbocycles. The molecule has 94 valence electrons. The van der Waals surface area contributed by atoms with Crippen LogP contribution in [0.2, 0.25) is 0 Å².